The number of ether oxygens (including phenoxy) is 1. The lowest BCUT2D eigenvalue weighted by atomic mass is 9.88. The van der Waals surface area contributed by atoms with E-state index in [1.807, 2.05) is 4.57 Å². The second-order valence-corrected chi connectivity index (χ2v) is 6.96. The van der Waals surface area contributed by atoms with E-state index in [0.717, 1.165) is 28.0 Å². The molecule has 0 radical (unpaired) electrons. The number of rotatable bonds is 3. The van der Waals surface area contributed by atoms with Gasteiger partial charge < -0.3 is 4.74 Å². The molecule has 0 saturated heterocycles. The van der Waals surface area contributed by atoms with Gasteiger partial charge in [0.15, 0.2) is 5.88 Å². The molecule has 0 amide bonds. The van der Waals surface area contributed by atoms with E-state index in [4.69, 9.17) is 4.74 Å². The van der Waals surface area contributed by atoms with Crippen molar-refractivity contribution in [1.29, 1.82) is 0 Å². The standard InChI is InChI=1S/C19H22BrNO/c1-12-9-10-13(2)21(12)15(4)22-19-14(3)17-8-6-5-7-16(17)11-18(19)20/h9-11H,4-8H2,1-3H3. The summed E-state index contributed by atoms with van der Waals surface area (Å²) >= 11 is 3.68. The van der Waals surface area contributed by atoms with Gasteiger partial charge in [0.05, 0.1) is 4.47 Å². The highest BCUT2D eigenvalue weighted by Gasteiger charge is 2.19. The summed E-state index contributed by atoms with van der Waals surface area (Å²) in [6.07, 6.45) is 4.88. The Kier molecular flexibility index (Phi) is 4.18. The van der Waals surface area contributed by atoms with E-state index in [1.165, 1.54) is 36.0 Å². The molecule has 22 heavy (non-hydrogen) atoms. The third-order valence-corrected chi connectivity index (χ3v) is 5.15. The molecule has 1 aromatic heterocycles. The summed E-state index contributed by atoms with van der Waals surface area (Å²) < 4.78 is 9.24. The molecule has 1 aromatic carbocycles. The maximum absolute atomic E-state index is 6.17. The Morgan fingerprint density at radius 2 is 1.77 bits per heavy atom. The van der Waals surface area contributed by atoms with Crippen LogP contribution in [-0.4, -0.2) is 4.57 Å². The molecule has 1 heterocycles. The van der Waals surface area contributed by atoms with Gasteiger partial charge in [-0.1, -0.05) is 0 Å². The van der Waals surface area contributed by atoms with Crippen LogP contribution in [0.25, 0.3) is 5.88 Å². The molecule has 2 nitrogen and oxygen atoms in total. The Balaban J connectivity index is 1.97. The Labute approximate surface area is 140 Å². The normalized spacial score (nSPS) is 13.8. The van der Waals surface area contributed by atoms with Crippen LogP contribution < -0.4 is 4.74 Å². The van der Waals surface area contributed by atoms with Crippen molar-refractivity contribution in [2.24, 2.45) is 0 Å². The highest BCUT2D eigenvalue weighted by atomic mass is 79.9. The second kappa shape index (κ2) is 5.96. The van der Waals surface area contributed by atoms with Gasteiger partial charge in [0, 0.05) is 11.4 Å². The average Bonchev–Trinajstić information content (AvgIpc) is 2.82. The summed E-state index contributed by atoms with van der Waals surface area (Å²) in [5, 5.41) is 0. The van der Waals surface area contributed by atoms with E-state index >= 15 is 0 Å². The SMILES string of the molecule is C=C(Oc1c(Br)cc2c(c1C)CCCC2)n1c(C)ccc1C. The molecular weight excluding hydrogens is 338 g/mol. The summed E-state index contributed by atoms with van der Waals surface area (Å²) in [5.41, 5.74) is 6.43. The van der Waals surface area contributed by atoms with Crippen molar-refractivity contribution in [2.45, 2.75) is 46.5 Å². The lowest BCUT2D eigenvalue weighted by Crippen LogP contribution is -2.10. The topological polar surface area (TPSA) is 14.2 Å². The Morgan fingerprint density at radius 1 is 1.14 bits per heavy atom. The summed E-state index contributed by atoms with van der Waals surface area (Å²) in [6, 6.07) is 6.39. The zero-order valence-corrected chi connectivity index (χ0v) is 15.1. The van der Waals surface area contributed by atoms with Gasteiger partial charge in [-0.3, -0.25) is 4.57 Å². The zero-order chi connectivity index (χ0) is 15.9. The fourth-order valence-electron chi connectivity index (χ4n) is 3.40. The Bertz CT molecular complexity index is 723. The average molecular weight is 360 g/mol. The number of hydrogen-bond donors (Lipinski definition) is 0. The van der Waals surface area contributed by atoms with Gasteiger partial charge in [0.1, 0.15) is 5.75 Å². The van der Waals surface area contributed by atoms with E-state index < -0.39 is 0 Å². The molecule has 0 N–H and O–H groups in total. The number of fused-ring (bicyclic) bond motifs is 1. The van der Waals surface area contributed by atoms with Gasteiger partial charge in [-0.2, -0.15) is 0 Å². The molecular formula is C19H22BrNO. The number of aromatic nitrogens is 1. The number of hydrogen-bond acceptors (Lipinski definition) is 1. The summed E-state index contributed by atoms with van der Waals surface area (Å²) in [5.74, 6) is 1.55. The van der Waals surface area contributed by atoms with Gasteiger partial charge in [-0.25, -0.2) is 0 Å². The molecule has 0 fully saturated rings. The Hall–Kier alpha value is -1.48. The van der Waals surface area contributed by atoms with E-state index in [2.05, 4.69) is 61.5 Å². The molecule has 2 aromatic rings. The Morgan fingerprint density at radius 3 is 2.45 bits per heavy atom. The molecule has 0 spiro atoms. The minimum absolute atomic E-state index is 0.652. The van der Waals surface area contributed by atoms with Crippen LogP contribution >= 0.6 is 15.9 Å². The third kappa shape index (κ3) is 2.63. The third-order valence-electron chi connectivity index (χ3n) is 4.56. The fourth-order valence-corrected chi connectivity index (χ4v) is 4.06. The molecule has 3 rings (SSSR count). The molecule has 116 valence electrons. The summed E-state index contributed by atoms with van der Waals surface area (Å²) in [7, 11) is 0. The van der Waals surface area contributed by atoms with Crippen molar-refractivity contribution in [1.82, 2.24) is 4.57 Å². The van der Waals surface area contributed by atoms with E-state index in [0.29, 0.717) is 5.88 Å². The molecule has 1 aliphatic rings. The molecule has 1 aliphatic carbocycles. The molecule has 0 unspecified atom stereocenters. The molecule has 0 aliphatic heterocycles. The quantitative estimate of drug-likeness (QED) is 0.654. The van der Waals surface area contributed by atoms with Crippen LogP contribution in [0.5, 0.6) is 5.75 Å². The lowest BCUT2D eigenvalue weighted by Gasteiger charge is -2.23. The number of nitrogens with zero attached hydrogens (tertiary/aromatic N) is 1. The smallest absolute Gasteiger partial charge is 0.197 e. The molecule has 0 saturated carbocycles. The minimum Gasteiger partial charge on any atom is -0.440 e. The summed E-state index contributed by atoms with van der Waals surface area (Å²) in [6.45, 7) is 10.4. The van der Waals surface area contributed by atoms with Crippen molar-refractivity contribution in [3.05, 3.63) is 57.3 Å². The van der Waals surface area contributed by atoms with Gasteiger partial charge >= 0.3 is 0 Å². The van der Waals surface area contributed by atoms with Crippen molar-refractivity contribution in [3.8, 4) is 5.75 Å². The van der Waals surface area contributed by atoms with Gasteiger partial charge in [-0.15, -0.1) is 0 Å². The van der Waals surface area contributed by atoms with E-state index in [1.54, 1.807) is 0 Å². The zero-order valence-electron chi connectivity index (χ0n) is 13.5. The van der Waals surface area contributed by atoms with Gasteiger partial charge in [-0.05, 0) is 104 Å². The van der Waals surface area contributed by atoms with E-state index in [9.17, 15) is 0 Å². The van der Waals surface area contributed by atoms with Crippen LogP contribution in [0.1, 0.15) is 40.9 Å². The van der Waals surface area contributed by atoms with Crippen LogP contribution in [0, 0.1) is 20.8 Å². The summed E-state index contributed by atoms with van der Waals surface area (Å²) in [4.78, 5) is 0. The predicted molar refractivity (Wildman–Crippen MR) is 95.4 cm³/mol. The first-order valence-corrected chi connectivity index (χ1v) is 8.61. The highest BCUT2D eigenvalue weighted by Crippen LogP contribution is 2.38. The largest absolute Gasteiger partial charge is 0.440 e. The monoisotopic (exact) mass is 359 g/mol. The highest BCUT2D eigenvalue weighted by molar-refractivity contribution is 9.10. The maximum atomic E-state index is 6.17. The second-order valence-electron chi connectivity index (χ2n) is 6.10. The van der Waals surface area contributed by atoms with Gasteiger partial charge in [0.2, 0.25) is 0 Å². The van der Waals surface area contributed by atoms with E-state index in [-0.39, 0.29) is 0 Å². The van der Waals surface area contributed by atoms with Crippen LogP contribution in [0.3, 0.4) is 0 Å². The number of benzene rings is 1. The van der Waals surface area contributed by atoms with Crippen molar-refractivity contribution in [2.75, 3.05) is 0 Å². The minimum atomic E-state index is 0.652. The van der Waals surface area contributed by atoms with Crippen LogP contribution in [0.15, 0.2) is 29.3 Å². The van der Waals surface area contributed by atoms with Crippen LogP contribution in [-0.2, 0) is 12.8 Å². The lowest BCUT2D eigenvalue weighted by molar-refractivity contribution is 0.468. The first-order chi connectivity index (χ1) is 10.5. The van der Waals surface area contributed by atoms with Crippen molar-refractivity contribution < 1.29 is 4.74 Å². The molecule has 3 heteroatoms. The predicted octanol–water partition coefficient (Wildman–Crippen LogP) is 5.56. The molecule has 0 atom stereocenters. The van der Waals surface area contributed by atoms with Crippen molar-refractivity contribution in [3.63, 3.8) is 0 Å². The first-order valence-electron chi connectivity index (χ1n) is 7.82. The van der Waals surface area contributed by atoms with Gasteiger partial charge in [0.25, 0.3) is 0 Å². The number of halogens is 1. The van der Waals surface area contributed by atoms with Crippen LogP contribution in [0.2, 0.25) is 0 Å². The van der Waals surface area contributed by atoms with Crippen LogP contribution in [0.4, 0.5) is 0 Å². The maximum Gasteiger partial charge on any atom is 0.197 e. The first kappa shape index (κ1) is 15.4. The fraction of sp³-hybridized carbons (Fsp3) is 0.368. The van der Waals surface area contributed by atoms with Crippen molar-refractivity contribution >= 4 is 21.8 Å². The molecule has 0 bridgehead atoms. The number of aryl methyl sites for hydroxylation is 3.